The second kappa shape index (κ2) is 6.67. The quantitative estimate of drug-likeness (QED) is 0.428. The van der Waals surface area contributed by atoms with E-state index in [0.29, 0.717) is 10.8 Å². The SMILES string of the molecule is CC/C=C1/CC[C@@H]2[C@H]3CC[C@H]4C[C@@H](OC(C)=O)CC[C@]4(C)[C@@H]3CC[C@@]12C. The number of hydrogen-bond donors (Lipinski definition) is 0. The van der Waals surface area contributed by atoms with Gasteiger partial charge < -0.3 is 4.74 Å². The van der Waals surface area contributed by atoms with Gasteiger partial charge in [0.05, 0.1) is 0 Å². The molecule has 0 aromatic carbocycles. The van der Waals surface area contributed by atoms with Crippen LogP contribution in [-0.4, -0.2) is 12.1 Å². The molecule has 4 fully saturated rings. The molecular weight excluding hydrogens is 320 g/mol. The molecule has 0 spiro atoms. The van der Waals surface area contributed by atoms with Crippen molar-refractivity contribution in [2.24, 2.45) is 34.5 Å². The second-order valence-electron chi connectivity index (χ2n) is 10.3. The molecule has 0 unspecified atom stereocenters. The van der Waals surface area contributed by atoms with Gasteiger partial charge in [0.25, 0.3) is 0 Å². The van der Waals surface area contributed by atoms with Gasteiger partial charge in [0.2, 0.25) is 0 Å². The lowest BCUT2D eigenvalue weighted by Gasteiger charge is -2.60. The summed E-state index contributed by atoms with van der Waals surface area (Å²) in [5.41, 5.74) is 2.77. The standard InChI is InChI=1S/C24H38O2/c1-5-6-17-8-10-21-20-9-7-18-15-19(26-16(2)25)11-13-24(18,4)22(20)12-14-23(17,21)3/h6,18-22H,5,7-15H2,1-4H3/b17-6-/t18-,19-,20+,21+,22+,23-,24-/m0/s1. The van der Waals surface area contributed by atoms with Crippen LogP contribution in [0, 0.1) is 34.5 Å². The first-order valence-corrected chi connectivity index (χ1v) is 11.2. The summed E-state index contributed by atoms with van der Waals surface area (Å²) < 4.78 is 5.60. The van der Waals surface area contributed by atoms with Crippen molar-refractivity contribution in [2.45, 2.75) is 98.0 Å². The summed E-state index contributed by atoms with van der Waals surface area (Å²) in [4.78, 5) is 11.4. The molecular formula is C24H38O2. The Kier molecular flexibility index (Phi) is 4.77. The molecule has 0 heterocycles. The van der Waals surface area contributed by atoms with E-state index in [2.05, 4.69) is 26.8 Å². The topological polar surface area (TPSA) is 26.3 Å². The van der Waals surface area contributed by atoms with Crippen LogP contribution in [0.15, 0.2) is 11.6 Å². The van der Waals surface area contributed by atoms with E-state index in [0.717, 1.165) is 36.5 Å². The van der Waals surface area contributed by atoms with Gasteiger partial charge in [-0.25, -0.2) is 0 Å². The molecule has 7 atom stereocenters. The molecule has 26 heavy (non-hydrogen) atoms. The lowest BCUT2D eigenvalue weighted by molar-refractivity contribution is -0.158. The van der Waals surface area contributed by atoms with Crippen LogP contribution < -0.4 is 0 Å². The number of hydrogen-bond acceptors (Lipinski definition) is 2. The molecule has 0 amide bonds. The third-order valence-corrected chi connectivity index (χ3v) is 9.25. The van der Waals surface area contributed by atoms with Crippen molar-refractivity contribution in [1.29, 1.82) is 0 Å². The van der Waals surface area contributed by atoms with Crippen LogP contribution >= 0.6 is 0 Å². The van der Waals surface area contributed by atoms with Gasteiger partial charge in [-0.15, -0.1) is 0 Å². The van der Waals surface area contributed by atoms with E-state index in [-0.39, 0.29) is 12.1 Å². The Morgan fingerprint density at radius 1 is 1.12 bits per heavy atom. The molecule has 2 heteroatoms. The number of rotatable bonds is 2. The first kappa shape index (κ1) is 18.6. The van der Waals surface area contributed by atoms with Crippen molar-refractivity contribution in [2.75, 3.05) is 0 Å². The third kappa shape index (κ3) is 2.78. The van der Waals surface area contributed by atoms with E-state index in [1.54, 1.807) is 12.5 Å². The zero-order valence-electron chi connectivity index (χ0n) is 17.4. The van der Waals surface area contributed by atoms with Crippen LogP contribution in [0.25, 0.3) is 0 Å². The fraction of sp³-hybridized carbons (Fsp3) is 0.875. The molecule has 4 saturated carbocycles. The zero-order valence-corrected chi connectivity index (χ0v) is 17.4. The molecule has 0 bridgehead atoms. The van der Waals surface area contributed by atoms with Crippen molar-refractivity contribution in [3.63, 3.8) is 0 Å². The smallest absolute Gasteiger partial charge is 0.302 e. The lowest BCUT2D eigenvalue weighted by atomic mass is 9.45. The Labute approximate surface area is 160 Å². The predicted molar refractivity (Wildman–Crippen MR) is 106 cm³/mol. The molecule has 0 aromatic heterocycles. The van der Waals surface area contributed by atoms with Gasteiger partial charge in [-0.1, -0.05) is 32.4 Å². The molecule has 4 aliphatic rings. The van der Waals surface area contributed by atoms with Crippen LogP contribution in [-0.2, 0) is 9.53 Å². The summed E-state index contributed by atoms with van der Waals surface area (Å²) in [5.74, 6) is 3.42. The number of esters is 1. The van der Waals surface area contributed by atoms with E-state index in [1.165, 1.54) is 51.4 Å². The largest absolute Gasteiger partial charge is 0.463 e. The molecule has 0 N–H and O–H groups in total. The maximum absolute atomic E-state index is 11.4. The van der Waals surface area contributed by atoms with Gasteiger partial charge >= 0.3 is 5.97 Å². The van der Waals surface area contributed by atoms with Gasteiger partial charge in [0.15, 0.2) is 0 Å². The highest BCUT2D eigenvalue weighted by molar-refractivity contribution is 5.66. The molecule has 0 radical (unpaired) electrons. The third-order valence-electron chi connectivity index (χ3n) is 9.25. The van der Waals surface area contributed by atoms with E-state index >= 15 is 0 Å². The number of allylic oxidation sites excluding steroid dienone is 2. The summed E-state index contributed by atoms with van der Waals surface area (Å²) in [6.07, 6.45) is 15.8. The number of ether oxygens (including phenoxy) is 1. The van der Waals surface area contributed by atoms with E-state index < -0.39 is 0 Å². The molecule has 4 rings (SSSR count). The first-order valence-electron chi connectivity index (χ1n) is 11.2. The van der Waals surface area contributed by atoms with Crippen molar-refractivity contribution in [1.82, 2.24) is 0 Å². The Bertz CT molecular complexity index is 593. The second-order valence-corrected chi connectivity index (χ2v) is 10.3. The van der Waals surface area contributed by atoms with E-state index in [1.807, 2.05) is 0 Å². The minimum absolute atomic E-state index is 0.0954. The monoisotopic (exact) mass is 358 g/mol. The number of carbonyl (C=O) groups is 1. The van der Waals surface area contributed by atoms with Crippen LogP contribution in [0.5, 0.6) is 0 Å². The van der Waals surface area contributed by atoms with E-state index in [9.17, 15) is 4.79 Å². The van der Waals surface area contributed by atoms with E-state index in [4.69, 9.17) is 4.74 Å². The number of fused-ring (bicyclic) bond motifs is 5. The Morgan fingerprint density at radius 3 is 2.65 bits per heavy atom. The fourth-order valence-electron chi connectivity index (χ4n) is 7.99. The van der Waals surface area contributed by atoms with Crippen molar-refractivity contribution < 1.29 is 9.53 Å². The first-order chi connectivity index (χ1) is 12.4. The van der Waals surface area contributed by atoms with Gasteiger partial charge in [-0.05, 0) is 98.7 Å². The summed E-state index contributed by atoms with van der Waals surface area (Å²) in [7, 11) is 0. The Morgan fingerprint density at radius 2 is 1.92 bits per heavy atom. The minimum Gasteiger partial charge on any atom is -0.463 e. The van der Waals surface area contributed by atoms with Crippen molar-refractivity contribution in [3.05, 3.63) is 11.6 Å². The molecule has 4 aliphatic carbocycles. The Balaban J connectivity index is 1.54. The van der Waals surface area contributed by atoms with Crippen molar-refractivity contribution in [3.8, 4) is 0 Å². The van der Waals surface area contributed by atoms with Gasteiger partial charge in [-0.2, -0.15) is 0 Å². The highest BCUT2D eigenvalue weighted by Gasteiger charge is 2.59. The molecule has 0 aliphatic heterocycles. The van der Waals surface area contributed by atoms with Gasteiger partial charge in [0, 0.05) is 6.92 Å². The highest BCUT2D eigenvalue weighted by atomic mass is 16.5. The fourth-order valence-corrected chi connectivity index (χ4v) is 7.99. The van der Waals surface area contributed by atoms with Gasteiger partial charge in [-0.3, -0.25) is 4.79 Å². The maximum Gasteiger partial charge on any atom is 0.302 e. The normalized spacial score (nSPS) is 49.2. The van der Waals surface area contributed by atoms with Gasteiger partial charge in [0.1, 0.15) is 6.10 Å². The van der Waals surface area contributed by atoms with Crippen LogP contribution in [0.4, 0.5) is 0 Å². The average Bonchev–Trinajstić information content (AvgIpc) is 2.92. The molecule has 146 valence electrons. The Hall–Kier alpha value is -0.790. The molecule has 0 saturated heterocycles. The summed E-state index contributed by atoms with van der Waals surface area (Å²) >= 11 is 0. The summed E-state index contributed by atoms with van der Waals surface area (Å²) in [5, 5.41) is 0. The van der Waals surface area contributed by atoms with Crippen LogP contribution in [0.1, 0.15) is 91.9 Å². The van der Waals surface area contributed by atoms with Crippen LogP contribution in [0.3, 0.4) is 0 Å². The molecule has 0 aromatic rings. The zero-order chi connectivity index (χ0) is 18.5. The number of carbonyl (C=O) groups excluding carboxylic acids is 1. The van der Waals surface area contributed by atoms with Crippen LogP contribution in [0.2, 0.25) is 0 Å². The average molecular weight is 359 g/mol. The predicted octanol–water partition coefficient (Wildman–Crippen LogP) is 6.30. The maximum atomic E-state index is 11.4. The molecule has 2 nitrogen and oxygen atoms in total. The summed E-state index contributed by atoms with van der Waals surface area (Å²) in [6, 6.07) is 0. The van der Waals surface area contributed by atoms with Crippen molar-refractivity contribution >= 4 is 5.97 Å². The highest BCUT2D eigenvalue weighted by Crippen LogP contribution is 2.67. The summed E-state index contributed by atoms with van der Waals surface area (Å²) in [6.45, 7) is 9.05. The minimum atomic E-state index is -0.0954. The lowest BCUT2D eigenvalue weighted by Crippen LogP contribution is -2.53.